The van der Waals surface area contributed by atoms with Crippen LogP contribution in [-0.4, -0.2) is 38.3 Å². The van der Waals surface area contributed by atoms with Gasteiger partial charge in [0.05, 0.1) is 6.10 Å². The van der Waals surface area contributed by atoms with Gasteiger partial charge in [0.15, 0.2) is 0 Å². The molecule has 2 rings (SSSR count). The van der Waals surface area contributed by atoms with Gasteiger partial charge >= 0.3 is 0 Å². The lowest BCUT2D eigenvalue weighted by atomic mass is 9.82. The van der Waals surface area contributed by atoms with Gasteiger partial charge in [0, 0.05) is 6.04 Å². The van der Waals surface area contributed by atoms with Gasteiger partial charge in [0.2, 0.25) is 5.91 Å². The molecule has 4 nitrogen and oxygen atoms in total. The largest absolute Gasteiger partial charge is 0.368 e. The predicted octanol–water partition coefficient (Wildman–Crippen LogP) is 1.06. The maximum absolute atomic E-state index is 11.6. The fourth-order valence-electron chi connectivity index (χ4n) is 2.80. The molecule has 0 aromatic carbocycles. The molecular formula is C13H24N2O2. The van der Waals surface area contributed by atoms with Crippen molar-refractivity contribution >= 4 is 5.91 Å². The van der Waals surface area contributed by atoms with Crippen LogP contribution in [0, 0.1) is 5.92 Å². The summed E-state index contributed by atoms with van der Waals surface area (Å²) in [4.78, 5) is 11.6. The molecule has 2 aliphatic rings. The average Bonchev–Trinajstić information content (AvgIpc) is 2.74. The third-order valence-electron chi connectivity index (χ3n) is 3.86. The number of hydrogen-bond acceptors (Lipinski definition) is 3. The van der Waals surface area contributed by atoms with E-state index < -0.39 is 0 Å². The smallest absolute Gasteiger partial charge is 0.246 e. The summed E-state index contributed by atoms with van der Waals surface area (Å²) in [7, 11) is 1.98. The average molecular weight is 240 g/mol. The van der Waals surface area contributed by atoms with E-state index in [-0.39, 0.29) is 12.5 Å². The van der Waals surface area contributed by atoms with Gasteiger partial charge < -0.3 is 15.4 Å². The molecule has 0 saturated heterocycles. The maximum Gasteiger partial charge on any atom is 0.246 e. The SMILES string of the molecule is CNCC1CC(OCC(=O)NC2CCCC2)C1. The molecule has 0 radical (unpaired) electrons. The van der Waals surface area contributed by atoms with Crippen LogP contribution in [-0.2, 0) is 9.53 Å². The van der Waals surface area contributed by atoms with E-state index in [0.29, 0.717) is 12.1 Å². The van der Waals surface area contributed by atoms with E-state index >= 15 is 0 Å². The molecule has 2 N–H and O–H groups in total. The predicted molar refractivity (Wildman–Crippen MR) is 66.8 cm³/mol. The fraction of sp³-hybridized carbons (Fsp3) is 0.923. The van der Waals surface area contributed by atoms with Gasteiger partial charge in [-0.3, -0.25) is 4.79 Å². The third kappa shape index (κ3) is 3.96. The van der Waals surface area contributed by atoms with Gasteiger partial charge in [-0.2, -0.15) is 0 Å². The molecular weight excluding hydrogens is 216 g/mol. The summed E-state index contributed by atoms with van der Waals surface area (Å²) >= 11 is 0. The molecule has 0 heterocycles. The highest BCUT2D eigenvalue weighted by Gasteiger charge is 2.29. The van der Waals surface area contributed by atoms with Crippen molar-refractivity contribution in [2.45, 2.75) is 50.7 Å². The van der Waals surface area contributed by atoms with Crippen molar-refractivity contribution in [1.82, 2.24) is 10.6 Å². The molecule has 4 heteroatoms. The molecule has 17 heavy (non-hydrogen) atoms. The zero-order chi connectivity index (χ0) is 12.1. The summed E-state index contributed by atoms with van der Waals surface area (Å²) in [5.74, 6) is 0.803. The Morgan fingerprint density at radius 1 is 1.29 bits per heavy atom. The van der Waals surface area contributed by atoms with Crippen LogP contribution in [0.3, 0.4) is 0 Å². The number of hydrogen-bond donors (Lipinski definition) is 2. The lowest BCUT2D eigenvalue weighted by Gasteiger charge is -2.34. The Morgan fingerprint density at radius 2 is 2.00 bits per heavy atom. The Morgan fingerprint density at radius 3 is 2.65 bits per heavy atom. The lowest BCUT2D eigenvalue weighted by Crippen LogP contribution is -2.41. The Hall–Kier alpha value is -0.610. The van der Waals surface area contributed by atoms with Crippen LogP contribution in [0.4, 0.5) is 0 Å². The minimum Gasteiger partial charge on any atom is -0.368 e. The van der Waals surface area contributed by atoms with Gasteiger partial charge in [0.1, 0.15) is 6.61 Å². The van der Waals surface area contributed by atoms with Crippen LogP contribution in [0.1, 0.15) is 38.5 Å². The summed E-state index contributed by atoms with van der Waals surface area (Å²) in [5.41, 5.74) is 0. The highest BCUT2D eigenvalue weighted by atomic mass is 16.5. The van der Waals surface area contributed by atoms with Gasteiger partial charge in [0.25, 0.3) is 0 Å². The molecule has 1 amide bonds. The molecule has 98 valence electrons. The monoisotopic (exact) mass is 240 g/mol. The van der Waals surface area contributed by atoms with Crippen LogP contribution in [0.2, 0.25) is 0 Å². The van der Waals surface area contributed by atoms with Crippen molar-refractivity contribution in [3.05, 3.63) is 0 Å². The summed E-state index contributed by atoms with van der Waals surface area (Å²) in [6, 6.07) is 0.407. The first-order chi connectivity index (χ1) is 8.28. The molecule has 0 aromatic rings. The first-order valence-corrected chi connectivity index (χ1v) is 6.83. The summed E-state index contributed by atoms with van der Waals surface area (Å²) in [6.45, 7) is 1.31. The van der Waals surface area contributed by atoms with Crippen molar-refractivity contribution in [3.63, 3.8) is 0 Å². The van der Waals surface area contributed by atoms with Crippen molar-refractivity contribution in [1.29, 1.82) is 0 Å². The number of carbonyl (C=O) groups is 1. The van der Waals surface area contributed by atoms with Crippen LogP contribution >= 0.6 is 0 Å². The lowest BCUT2D eigenvalue weighted by molar-refractivity contribution is -0.131. The quantitative estimate of drug-likeness (QED) is 0.730. The summed E-state index contributed by atoms with van der Waals surface area (Å²) in [6.07, 6.45) is 7.27. The van der Waals surface area contributed by atoms with E-state index in [2.05, 4.69) is 10.6 Å². The second kappa shape index (κ2) is 6.36. The standard InChI is InChI=1S/C13H24N2O2/c1-14-8-10-6-12(7-10)17-9-13(16)15-11-4-2-3-5-11/h10-12,14H,2-9H2,1H3,(H,15,16). The molecule has 0 unspecified atom stereocenters. The summed E-state index contributed by atoms with van der Waals surface area (Å²) in [5, 5.41) is 6.21. The second-order valence-corrected chi connectivity index (χ2v) is 5.38. The zero-order valence-electron chi connectivity index (χ0n) is 10.7. The minimum absolute atomic E-state index is 0.0639. The van der Waals surface area contributed by atoms with Gasteiger partial charge in [-0.05, 0) is 45.2 Å². The van der Waals surface area contributed by atoms with E-state index in [1.807, 2.05) is 7.05 Å². The first-order valence-electron chi connectivity index (χ1n) is 6.83. The van der Waals surface area contributed by atoms with Crippen LogP contribution in [0.5, 0.6) is 0 Å². The minimum atomic E-state index is 0.0639. The van der Waals surface area contributed by atoms with E-state index in [9.17, 15) is 4.79 Å². The van der Waals surface area contributed by atoms with Crippen LogP contribution < -0.4 is 10.6 Å². The van der Waals surface area contributed by atoms with Gasteiger partial charge in [-0.1, -0.05) is 12.8 Å². The second-order valence-electron chi connectivity index (χ2n) is 5.38. The van der Waals surface area contributed by atoms with Crippen LogP contribution in [0.15, 0.2) is 0 Å². The Labute approximate surface area is 103 Å². The maximum atomic E-state index is 11.6. The number of rotatable bonds is 6. The molecule has 0 aromatic heterocycles. The number of ether oxygens (including phenoxy) is 1. The Balaban J connectivity index is 1.52. The highest BCUT2D eigenvalue weighted by molar-refractivity contribution is 5.77. The molecule has 0 bridgehead atoms. The normalized spacial score (nSPS) is 29.0. The number of amides is 1. The van der Waals surface area contributed by atoms with Crippen molar-refractivity contribution in [3.8, 4) is 0 Å². The summed E-state index contributed by atoms with van der Waals surface area (Å²) < 4.78 is 5.59. The van der Waals surface area contributed by atoms with E-state index in [0.717, 1.165) is 38.1 Å². The van der Waals surface area contributed by atoms with Crippen molar-refractivity contribution in [2.75, 3.05) is 20.2 Å². The molecule has 2 aliphatic carbocycles. The molecule has 0 spiro atoms. The Bertz CT molecular complexity index is 246. The van der Waals surface area contributed by atoms with E-state index in [1.54, 1.807) is 0 Å². The van der Waals surface area contributed by atoms with Crippen molar-refractivity contribution < 1.29 is 9.53 Å². The Kier molecular flexibility index (Phi) is 4.80. The van der Waals surface area contributed by atoms with Crippen molar-refractivity contribution in [2.24, 2.45) is 5.92 Å². The van der Waals surface area contributed by atoms with Gasteiger partial charge in [-0.15, -0.1) is 0 Å². The topological polar surface area (TPSA) is 50.4 Å². The van der Waals surface area contributed by atoms with E-state index in [4.69, 9.17) is 4.74 Å². The van der Waals surface area contributed by atoms with Gasteiger partial charge in [-0.25, -0.2) is 0 Å². The molecule has 2 saturated carbocycles. The molecule has 0 aliphatic heterocycles. The third-order valence-corrected chi connectivity index (χ3v) is 3.86. The number of carbonyl (C=O) groups excluding carboxylic acids is 1. The highest BCUT2D eigenvalue weighted by Crippen LogP contribution is 2.29. The zero-order valence-corrected chi connectivity index (χ0v) is 10.7. The van der Waals surface area contributed by atoms with Crippen LogP contribution in [0.25, 0.3) is 0 Å². The molecule has 0 atom stereocenters. The molecule has 2 fully saturated rings. The van der Waals surface area contributed by atoms with E-state index in [1.165, 1.54) is 12.8 Å². The fourth-order valence-corrected chi connectivity index (χ4v) is 2.80. The first kappa shape index (κ1) is 12.8. The number of nitrogens with one attached hydrogen (secondary N) is 2.